The van der Waals surface area contributed by atoms with E-state index in [0.29, 0.717) is 13.2 Å². The van der Waals surface area contributed by atoms with Crippen molar-refractivity contribution in [3.63, 3.8) is 0 Å². The van der Waals surface area contributed by atoms with Gasteiger partial charge in [0.25, 0.3) is 0 Å². The van der Waals surface area contributed by atoms with Crippen LogP contribution >= 0.6 is 0 Å². The van der Waals surface area contributed by atoms with Gasteiger partial charge in [0, 0.05) is 13.6 Å². The van der Waals surface area contributed by atoms with Crippen LogP contribution in [0.4, 0.5) is 17.3 Å². The van der Waals surface area contributed by atoms with E-state index in [1.165, 1.54) is 6.33 Å². The van der Waals surface area contributed by atoms with Crippen molar-refractivity contribution < 1.29 is 9.66 Å². The number of nitrogen functional groups attached to an aromatic ring is 1. The number of nitrogens with zero attached hydrogens (tertiary/aromatic N) is 4. The minimum Gasteiger partial charge on any atom is -0.377 e. The molecular formula is C10H18N6O3. The number of rotatable bonds is 7. The molecule has 3 N–H and O–H groups in total. The van der Waals surface area contributed by atoms with Gasteiger partial charge in [-0.2, -0.15) is 0 Å². The highest BCUT2D eigenvalue weighted by molar-refractivity contribution is 5.69. The average molecular weight is 270 g/mol. The summed E-state index contributed by atoms with van der Waals surface area (Å²) in [6, 6.07) is 0. The molecule has 0 amide bonds. The molecule has 0 saturated heterocycles. The summed E-state index contributed by atoms with van der Waals surface area (Å²) in [5.41, 5.74) is 1.94. The summed E-state index contributed by atoms with van der Waals surface area (Å²) < 4.78 is 5.40. The van der Waals surface area contributed by atoms with Crippen molar-refractivity contribution in [3.8, 4) is 0 Å². The van der Waals surface area contributed by atoms with Gasteiger partial charge in [-0.3, -0.25) is 10.1 Å². The normalized spacial score (nSPS) is 10.6. The number of nitrogens with one attached hydrogen (secondary N) is 1. The van der Waals surface area contributed by atoms with Crippen molar-refractivity contribution in [1.29, 1.82) is 0 Å². The summed E-state index contributed by atoms with van der Waals surface area (Å²) in [7, 11) is 1.69. The van der Waals surface area contributed by atoms with Crippen molar-refractivity contribution in [2.24, 2.45) is 5.84 Å². The summed E-state index contributed by atoms with van der Waals surface area (Å²) in [5.74, 6) is 5.38. The quantitative estimate of drug-likeness (QED) is 0.418. The number of anilines is 2. The van der Waals surface area contributed by atoms with Crippen LogP contribution in [0.5, 0.6) is 0 Å². The molecule has 1 aromatic heterocycles. The highest BCUT2D eigenvalue weighted by Gasteiger charge is 2.24. The van der Waals surface area contributed by atoms with Crippen LogP contribution in [0, 0.1) is 10.1 Å². The summed E-state index contributed by atoms with van der Waals surface area (Å²) >= 11 is 0. The Kier molecular flexibility index (Phi) is 5.39. The molecular weight excluding hydrogens is 252 g/mol. The molecule has 19 heavy (non-hydrogen) atoms. The number of hydrogen-bond acceptors (Lipinski definition) is 8. The van der Waals surface area contributed by atoms with Gasteiger partial charge in [-0.1, -0.05) is 0 Å². The van der Waals surface area contributed by atoms with Crippen molar-refractivity contribution in [1.82, 2.24) is 9.97 Å². The highest BCUT2D eigenvalue weighted by Crippen LogP contribution is 2.30. The van der Waals surface area contributed by atoms with Gasteiger partial charge < -0.3 is 15.1 Å². The molecule has 0 unspecified atom stereocenters. The summed E-state index contributed by atoms with van der Waals surface area (Å²) in [5, 5.41) is 11.1. The lowest BCUT2D eigenvalue weighted by molar-refractivity contribution is -0.383. The number of ether oxygens (including phenoxy) is 1. The molecule has 0 bridgehead atoms. The van der Waals surface area contributed by atoms with E-state index in [1.807, 2.05) is 13.8 Å². The zero-order valence-corrected chi connectivity index (χ0v) is 11.2. The van der Waals surface area contributed by atoms with E-state index in [4.69, 9.17) is 10.6 Å². The zero-order chi connectivity index (χ0) is 14.4. The van der Waals surface area contributed by atoms with E-state index >= 15 is 0 Å². The second-order valence-electron chi connectivity index (χ2n) is 4.14. The maximum absolute atomic E-state index is 11.1. The van der Waals surface area contributed by atoms with Crippen LogP contribution in [0.1, 0.15) is 13.8 Å². The average Bonchev–Trinajstić information content (AvgIpc) is 2.36. The first-order valence-electron chi connectivity index (χ1n) is 5.76. The van der Waals surface area contributed by atoms with E-state index in [0.717, 1.165) is 0 Å². The topological polar surface area (TPSA) is 119 Å². The molecule has 0 aliphatic heterocycles. The number of hydrazine groups is 1. The van der Waals surface area contributed by atoms with Crippen LogP contribution in [-0.2, 0) is 4.74 Å². The van der Waals surface area contributed by atoms with Crippen molar-refractivity contribution in [2.45, 2.75) is 20.0 Å². The van der Waals surface area contributed by atoms with Gasteiger partial charge in [0.05, 0.1) is 17.6 Å². The highest BCUT2D eigenvalue weighted by atomic mass is 16.6. The first-order chi connectivity index (χ1) is 8.97. The van der Waals surface area contributed by atoms with E-state index < -0.39 is 4.92 Å². The molecule has 0 aliphatic rings. The molecule has 1 heterocycles. The maximum atomic E-state index is 11.1. The van der Waals surface area contributed by atoms with Crippen LogP contribution in [0.2, 0.25) is 0 Å². The third-order valence-electron chi connectivity index (χ3n) is 2.36. The van der Waals surface area contributed by atoms with Gasteiger partial charge in [-0.05, 0) is 13.8 Å². The Balaban J connectivity index is 2.89. The number of nitrogens with two attached hydrogens (primary N) is 1. The second kappa shape index (κ2) is 6.81. The molecule has 0 saturated carbocycles. The van der Waals surface area contributed by atoms with Crippen LogP contribution in [0.15, 0.2) is 6.33 Å². The predicted molar refractivity (Wildman–Crippen MR) is 70.9 cm³/mol. The number of aromatic nitrogens is 2. The SMILES string of the molecule is CC(C)OCCN(C)c1ncnc(NN)c1[N+](=O)[O-]. The van der Waals surface area contributed by atoms with E-state index in [1.54, 1.807) is 11.9 Å². The van der Waals surface area contributed by atoms with Crippen molar-refractivity contribution >= 4 is 17.3 Å². The lowest BCUT2D eigenvalue weighted by atomic mass is 10.4. The monoisotopic (exact) mass is 270 g/mol. The lowest BCUT2D eigenvalue weighted by Gasteiger charge is -2.19. The molecule has 0 atom stereocenters. The van der Waals surface area contributed by atoms with Gasteiger partial charge in [0.15, 0.2) is 0 Å². The third-order valence-corrected chi connectivity index (χ3v) is 2.36. The molecule has 9 heteroatoms. The standard InChI is InChI=1S/C10H18N6O3/c1-7(2)19-5-4-15(3)10-8(16(17)18)9(14-11)12-6-13-10/h6-7H,4-5,11H2,1-3H3,(H,12,13,14). The number of hydrogen-bond donors (Lipinski definition) is 2. The first-order valence-corrected chi connectivity index (χ1v) is 5.76. The Morgan fingerprint density at radius 2 is 2.26 bits per heavy atom. The number of likely N-dealkylation sites (N-methyl/N-ethyl adjacent to an activating group) is 1. The zero-order valence-electron chi connectivity index (χ0n) is 11.2. The Morgan fingerprint density at radius 1 is 1.58 bits per heavy atom. The fourth-order valence-corrected chi connectivity index (χ4v) is 1.45. The first kappa shape index (κ1) is 15.1. The Labute approximate surface area is 110 Å². The third kappa shape index (κ3) is 4.00. The summed E-state index contributed by atoms with van der Waals surface area (Å²) in [4.78, 5) is 19.8. The summed E-state index contributed by atoms with van der Waals surface area (Å²) in [6.07, 6.45) is 1.33. The van der Waals surface area contributed by atoms with E-state index in [2.05, 4.69) is 15.4 Å². The Morgan fingerprint density at radius 3 is 2.79 bits per heavy atom. The predicted octanol–water partition coefficient (Wildman–Crippen LogP) is 0.532. The molecule has 0 aromatic carbocycles. The summed E-state index contributed by atoms with van der Waals surface area (Å²) in [6.45, 7) is 4.76. The van der Waals surface area contributed by atoms with Crippen LogP contribution in [0.25, 0.3) is 0 Å². The number of nitro groups is 1. The molecule has 106 valence electrons. The van der Waals surface area contributed by atoms with E-state index in [-0.39, 0.29) is 23.4 Å². The van der Waals surface area contributed by atoms with Crippen LogP contribution < -0.4 is 16.2 Å². The maximum Gasteiger partial charge on any atom is 0.354 e. The lowest BCUT2D eigenvalue weighted by Crippen LogP contribution is -2.26. The van der Waals surface area contributed by atoms with Gasteiger partial charge >= 0.3 is 5.69 Å². The molecule has 0 spiro atoms. The van der Waals surface area contributed by atoms with Crippen LogP contribution in [-0.4, -0.2) is 41.2 Å². The van der Waals surface area contributed by atoms with Gasteiger partial charge in [-0.25, -0.2) is 15.8 Å². The van der Waals surface area contributed by atoms with Gasteiger partial charge in [-0.15, -0.1) is 0 Å². The molecule has 0 fully saturated rings. The second-order valence-corrected chi connectivity index (χ2v) is 4.14. The Hall–Kier alpha value is -2.00. The minimum absolute atomic E-state index is 0.0216. The molecule has 1 aromatic rings. The Bertz CT molecular complexity index is 439. The molecule has 0 aliphatic carbocycles. The molecule has 9 nitrogen and oxygen atoms in total. The van der Waals surface area contributed by atoms with Gasteiger partial charge in [0.2, 0.25) is 11.6 Å². The largest absolute Gasteiger partial charge is 0.377 e. The van der Waals surface area contributed by atoms with Gasteiger partial charge in [0.1, 0.15) is 6.33 Å². The van der Waals surface area contributed by atoms with Crippen LogP contribution in [0.3, 0.4) is 0 Å². The molecule has 0 radical (unpaired) electrons. The fraction of sp³-hybridized carbons (Fsp3) is 0.600. The van der Waals surface area contributed by atoms with Crippen molar-refractivity contribution in [3.05, 3.63) is 16.4 Å². The smallest absolute Gasteiger partial charge is 0.354 e. The molecule has 1 rings (SSSR count). The van der Waals surface area contributed by atoms with E-state index in [9.17, 15) is 10.1 Å². The minimum atomic E-state index is -0.565. The fourth-order valence-electron chi connectivity index (χ4n) is 1.45. The van der Waals surface area contributed by atoms with Crippen molar-refractivity contribution in [2.75, 3.05) is 30.5 Å².